The Kier molecular flexibility index (Phi) is 4.65. The Hall–Kier alpha value is -1.13. The van der Waals surface area contributed by atoms with Crippen LogP contribution in [0.3, 0.4) is 0 Å². The Balaban J connectivity index is 2.14. The maximum absolute atomic E-state index is 13.8. The predicted molar refractivity (Wildman–Crippen MR) is 98.1 cm³/mol. The van der Waals surface area contributed by atoms with Gasteiger partial charge in [0.2, 0.25) is 0 Å². The molecular weight excluding hydrogens is 351 g/mol. The van der Waals surface area contributed by atoms with Gasteiger partial charge in [-0.3, -0.25) is 4.57 Å². The van der Waals surface area contributed by atoms with Gasteiger partial charge in [0.05, 0.1) is 11.0 Å². The van der Waals surface area contributed by atoms with Crippen molar-refractivity contribution < 1.29 is 9.09 Å². The topological polar surface area (TPSA) is 64.3 Å². The molecule has 3 aliphatic rings. The Labute approximate surface area is 146 Å². The van der Waals surface area contributed by atoms with Gasteiger partial charge < -0.3 is 15.6 Å². The van der Waals surface area contributed by atoms with E-state index in [1.807, 2.05) is 30.4 Å². The quantitative estimate of drug-likeness (QED) is 0.573. The van der Waals surface area contributed by atoms with Crippen molar-refractivity contribution in [3.63, 3.8) is 0 Å². The fourth-order valence-electron chi connectivity index (χ4n) is 3.13. The van der Waals surface area contributed by atoms with Gasteiger partial charge in [-0.25, -0.2) is 0 Å². The number of thiocarbonyl (C=S) groups is 1. The van der Waals surface area contributed by atoms with Crippen molar-refractivity contribution in [2.45, 2.75) is 19.3 Å². The van der Waals surface area contributed by atoms with Crippen LogP contribution in [-0.2, 0) is 9.09 Å². The minimum atomic E-state index is -3.25. The van der Waals surface area contributed by atoms with Crippen molar-refractivity contribution >= 4 is 36.2 Å². The summed E-state index contributed by atoms with van der Waals surface area (Å²) in [5.41, 5.74) is 7.31. The summed E-state index contributed by atoms with van der Waals surface area (Å²) in [6.07, 6.45) is 11.9. The minimum Gasteiger partial charge on any atom is -0.388 e. The molecule has 2 unspecified atom stereocenters. The third kappa shape index (κ3) is 2.87. The SMILES string of the molecule is COP(=O)(C1=CCCC=C1)C1=C(C(N)=S)NC2=CC=C(Cl)CC21. The number of fused-ring (bicyclic) bond motifs is 1. The van der Waals surface area contributed by atoms with Crippen molar-refractivity contribution in [2.75, 3.05) is 7.11 Å². The molecule has 3 rings (SSSR count). The third-order valence-corrected chi connectivity index (χ3v) is 7.39. The largest absolute Gasteiger partial charge is 0.388 e. The van der Waals surface area contributed by atoms with E-state index in [0.717, 1.165) is 18.5 Å². The maximum Gasteiger partial charge on any atom is 0.259 e. The van der Waals surface area contributed by atoms with Crippen LogP contribution in [0.4, 0.5) is 0 Å². The number of hydrogen-bond donors (Lipinski definition) is 2. The molecule has 0 radical (unpaired) electrons. The predicted octanol–water partition coefficient (Wildman–Crippen LogP) is 4.27. The molecule has 0 amide bonds. The number of nitrogens with one attached hydrogen (secondary N) is 1. The van der Waals surface area contributed by atoms with E-state index in [9.17, 15) is 4.57 Å². The van der Waals surface area contributed by atoms with Crippen molar-refractivity contribution in [3.8, 4) is 0 Å². The van der Waals surface area contributed by atoms with Gasteiger partial charge in [-0.1, -0.05) is 42.0 Å². The second-order valence-corrected chi connectivity index (χ2v) is 8.98. The third-order valence-electron chi connectivity index (χ3n) is 4.21. The summed E-state index contributed by atoms with van der Waals surface area (Å²) in [5, 5.41) is 5.24. The average Bonchev–Trinajstić information content (AvgIpc) is 2.94. The molecule has 1 heterocycles. The second kappa shape index (κ2) is 6.40. The lowest BCUT2D eigenvalue weighted by Crippen LogP contribution is -2.21. The van der Waals surface area contributed by atoms with Gasteiger partial charge in [0.1, 0.15) is 4.99 Å². The van der Waals surface area contributed by atoms with E-state index in [0.29, 0.717) is 27.8 Å². The highest BCUT2D eigenvalue weighted by atomic mass is 35.5. The molecular formula is C16H18ClN2O2PS. The van der Waals surface area contributed by atoms with E-state index in [4.69, 9.17) is 34.1 Å². The molecule has 2 atom stereocenters. The molecule has 0 aromatic carbocycles. The van der Waals surface area contributed by atoms with Crippen molar-refractivity contribution in [1.29, 1.82) is 0 Å². The maximum atomic E-state index is 13.8. The molecule has 0 aromatic heterocycles. The lowest BCUT2D eigenvalue weighted by molar-refractivity contribution is 0.403. The van der Waals surface area contributed by atoms with E-state index < -0.39 is 7.37 Å². The Morgan fingerprint density at radius 2 is 2.26 bits per heavy atom. The number of rotatable bonds is 4. The summed E-state index contributed by atoms with van der Waals surface area (Å²) in [7, 11) is -1.78. The monoisotopic (exact) mass is 368 g/mol. The number of halogens is 1. The summed E-state index contributed by atoms with van der Waals surface area (Å²) in [4.78, 5) is 0.184. The molecule has 0 saturated heterocycles. The molecule has 0 saturated carbocycles. The smallest absolute Gasteiger partial charge is 0.259 e. The van der Waals surface area contributed by atoms with E-state index in [1.165, 1.54) is 7.11 Å². The molecule has 0 spiro atoms. The summed E-state index contributed by atoms with van der Waals surface area (Å²) in [5.74, 6) is -0.147. The van der Waals surface area contributed by atoms with Gasteiger partial charge in [-0.15, -0.1) is 0 Å². The van der Waals surface area contributed by atoms with Crippen LogP contribution in [0.15, 0.2) is 57.4 Å². The first-order valence-corrected chi connectivity index (χ1v) is 9.79. The molecule has 4 nitrogen and oxygen atoms in total. The zero-order chi connectivity index (χ0) is 16.6. The summed E-state index contributed by atoms with van der Waals surface area (Å²) < 4.78 is 19.3. The van der Waals surface area contributed by atoms with E-state index in [-0.39, 0.29) is 10.9 Å². The molecule has 23 heavy (non-hydrogen) atoms. The molecule has 0 aromatic rings. The summed E-state index contributed by atoms with van der Waals surface area (Å²) >= 11 is 11.4. The standard InChI is InChI=1S/C16H18ClN2O2PS/c1-21-22(20,11-5-3-2-4-6-11)15-12-9-10(17)7-8-13(12)19-14(15)16(18)23/h3,5-8,12,19H,2,4,9H2,1H3,(H2,18,23). The van der Waals surface area contributed by atoms with Gasteiger partial charge in [0, 0.05) is 29.1 Å². The second-order valence-electron chi connectivity index (χ2n) is 5.58. The molecule has 1 aliphatic heterocycles. The van der Waals surface area contributed by atoms with Gasteiger partial charge in [-0.2, -0.15) is 0 Å². The minimum absolute atomic E-state index is 0.147. The Morgan fingerprint density at radius 3 is 2.87 bits per heavy atom. The number of hydrogen-bond acceptors (Lipinski definition) is 4. The van der Waals surface area contributed by atoms with Gasteiger partial charge in [0.25, 0.3) is 7.37 Å². The van der Waals surface area contributed by atoms with Gasteiger partial charge in [0.15, 0.2) is 0 Å². The van der Waals surface area contributed by atoms with E-state index in [1.54, 1.807) is 0 Å². The van der Waals surface area contributed by atoms with Crippen molar-refractivity contribution in [3.05, 3.63) is 57.4 Å². The molecule has 7 heteroatoms. The first kappa shape index (κ1) is 16.7. The Bertz CT molecular complexity index is 764. The van der Waals surface area contributed by atoms with E-state index in [2.05, 4.69) is 5.32 Å². The summed E-state index contributed by atoms with van der Waals surface area (Å²) in [6, 6.07) is 0. The number of allylic oxidation sites excluding steroid dienone is 8. The normalized spacial score (nSPS) is 25.8. The van der Waals surface area contributed by atoms with Crippen LogP contribution in [0.5, 0.6) is 0 Å². The molecule has 0 fully saturated rings. The highest BCUT2D eigenvalue weighted by Gasteiger charge is 2.45. The summed E-state index contributed by atoms with van der Waals surface area (Å²) in [6.45, 7) is 0. The lowest BCUT2D eigenvalue weighted by Gasteiger charge is -2.26. The zero-order valence-electron chi connectivity index (χ0n) is 12.7. The molecule has 2 aliphatic carbocycles. The average molecular weight is 369 g/mol. The lowest BCUT2D eigenvalue weighted by atomic mass is 9.98. The van der Waals surface area contributed by atoms with Crippen LogP contribution < -0.4 is 11.1 Å². The Morgan fingerprint density at radius 1 is 1.48 bits per heavy atom. The molecule has 122 valence electrons. The zero-order valence-corrected chi connectivity index (χ0v) is 15.2. The number of nitrogens with two attached hydrogens (primary N) is 1. The van der Waals surface area contributed by atoms with Crippen LogP contribution >= 0.6 is 31.2 Å². The van der Waals surface area contributed by atoms with Crippen LogP contribution in [0, 0.1) is 5.92 Å². The van der Waals surface area contributed by atoms with Crippen molar-refractivity contribution in [1.82, 2.24) is 5.32 Å². The molecule has 0 bridgehead atoms. The molecule has 3 N–H and O–H groups in total. The van der Waals surface area contributed by atoms with Gasteiger partial charge >= 0.3 is 0 Å². The van der Waals surface area contributed by atoms with E-state index >= 15 is 0 Å². The fraction of sp³-hybridized carbons (Fsp3) is 0.312. The van der Waals surface area contributed by atoms with Gasteiger partial charge in [-0.05, 0) is 31.4 Å². The first-order valence-electron chi connectivity index (χ1n) is 7.38. The highest BCUT2D eigenvalue weighted by molar-refractivity contribution is 7.80. The van der Waals surface area contributed by atoms with Crippen LogP contribution in [0.25, 0.3) is 0 Å². The highest BCUT2D eigenvalue weighted by Crippen LogP contribution is 2.68. The van der Waals surface area contributed by atoms with Crippen LogP contribution in [-0.4, -0.2) is 12.1 Å². The fourth-order valence-corrected chi connectivity index (χ4v) is 6.05. The van der Waals surface area contributed by atoms with Crippen LogP contribution in [0.2, 0.25) is 0 Å². The van der Waals surface area contributed by atoms with Crippen molar-refractivity contribution in [2.24, 2.45) is 11.7 Å². The first-order chi connectivity index (χ1) is 11.0. The van der Waals surface area contributed by atoms with Crippen LogP contribution in [0.1, 0.15) is 19.3 Å².